The summed E-state index contributed by atoms with van der Waals surface area (Å²) in [4.78, 5) is 16.9. The van der Waals surface area contributed by atoms with Gasteiger partial charge in [0, 0.05) is 45.2 Å². The Morgan fingerprint density at radius 2 is 1.78 bits per heavy atom. The van der Waals surface area contributed by atoms with Crippen molar-refractivity contribution in [2.24, 2.45) is 5.92 Å². The SMILES string of the molecule is CC(C)CC(=O)NCC(Cc1ccccc1)N1CCN(C)CC1. The quantitative estimate of drug-likeness (QED) is 0.835. The predicted octanol–water partition coefficient (Wildman–Crippen LogP) is 2.01. The van der Waals surface area contributed by atoms with E-state index >= 15 is 0 Å². The number of carbonyl (C=O) groups excluding carboxylic acids is 1. The van der Waals surface area contributed by atoms with Gasteiger partial charge in [-0.05, 0) is 24.9 Å². The standard InChI is InChI=1S/C19H31N3O/c1-16(2)13-19(23)20-15-18(14-17-7-5-4-6-8-17)22-11-9-21(3)10-12-22/h4-8,16,18H,9-15H2,1-3H3,(H,20,23). The zero-order valence-corrected chi connectivity index (χ0v) is 14.8. The van der Waals surface area contributed by atoms with Crippen LogP contribution < -0.4 is 5.32 Å². The smallest absolute Gasteiger partial charge is 0.220 e. The Morgan fingerprint density at radius 3 is 2.39 bits per heavy atom. The molecule has 1 unspecified atom stereocenters. The number of hydrogen-bond acceptors (Lipinski definition) is 3. The largest absolute Gasteiger partial charge is 0.355 e. The van der Waals surface area contributed by atoms with Gasteiger partial charge in [-0.3, -0.25) is 9.69 Å². The molecule has 0 aliphatic carbocycles. The van der Waals surface area contributed by atoms with Gasteiger partial charge in [0.1, 0.15) is 0 Å². The van der Waals surface area contributed by atoms with Gasteiger partial charge in [-0.2, -0.15) is 0 Å². The molecule has 1 atom stereocenters. The highest BCUT2D eigenvalue weighted by atomic mass is 16.1. The van der Waals surface area contributed by atoms with E-state index in [1.165, 1.54) is 5.56 Å². The fourth-order valence-corrected chi connectivity index (χ4v) is 3.08. The van der Waals surface area contributed by atoms with Crippen LogP contribution in [-0.2, 0) is 11.2 Å². The summed E-state index contributed by atoms with van der Waals surface area (Å²) in [6, 6.07) is 11.0. The molecule has 0 saturated carbocycles. The lowest BCUT2D eigenvalue weighted by atomic mass is 10.0. The summed E-state index contributed by atoms with van der Waals surface area (Å²) in [5.74, 6) is 0.582. The minimum absolute atomic E-state index is 0.173. The summed E-state index contributed by atoms with van der Waals surface area (Å²) >= 11 is 0. The van der Waals surface area contributed by atoms with Crippen LogP contribution in [0.1, 0.15) is 25.8 Å². The summed E-state index contributed by atoms with van der Waals surface area (Å²) < 4.78 is 0. The molecule has 1 amide bonds. The highest BCUT2D eigenvalue weighted by Crippen LogP contribution is 2.11. The molecule has 0 bridgehead atoms. The third-order valence-corrected chi connectivity index (χ3v) is 4.50. The molecule has 0 spiro atoms. The van der Waals surface area contributed by atoms with Crippen molar-refractivity contribution in [3.05, 3.63) is 35.9 Å². The second-order valence-electron chi connectivity index (χ2n) is 7.08. The molecule has 2 rings (SSSR count). The Balaban J connectivity index is 1.95. The van der Waals surface area contributed by atoms with Gasteiger partial charge in [0.2, 0.25) is 5.91 Å². The Hall–Kier alpha value is -1.39. The lowest BCUT2D eigenvalue weighted by Gasteiger charge is -2.38. The second kappa shape index (κ2) is 9.04. The molecule has 23 heavy (non-hydrogen) atoms. The third kappa shape index (κ3) is 6.32. The average molecular weight is 317 g/mol. The fraction of sp³-hybridized carbons (Fsp3) is 0.632. The number of benzene rings is 1. The van der Waals surface area contributed by atoms with Gasteiger partial charge < -0.3 is 10.2 Å². The van der Waals surface area contributed by atoms with E-state index in [2.05, 4.69) is 66.3 Å². The second-order valence-corrected chi connectivity index (χ2v) is 7.08. The average Bonchev–Trinajstić information content (AvgIpc) is 2.52. The number of rotatable bonds is 7. The number of likely N-dealkylation sites (N-methyl/N-ethyl adjacent to an activating group) is 1. The topological polar surface area (TPSA) is 35.6 Å². The number of nitrogens with zero attached hydrogens (tertiary/aromatic N) is 2. The Morgan fingerprint density at radius 1 is 1.13 bits per heavy atom. The zero-order valence-electron chi connectivity index (χ0n) is 14.8. The molecule has 1 aromatic carbocycles. The number of amides is 1. The monoisotopic (exact) mass is 317 g/mol. The van der Waals surface area contributed by atoms with Gasteiger partial charge in [0.05, 0.1) is 0 Å². The molecular formula is C19H31N3O. The van der Waals surface area contributed by atoms with Crippen LogP contribution in [0, 0.1) is 5.92 Å². The minimum atomic E-state index is 0.173. The molecule has 0 aromatic heterocycles. The molecule has 1 fully saturated rings. The van der Waals surface area contributed by atoms with Crippen LogP contribution in [0.4, 0.5) is 0 Å². The minimum Gasteiger partial charge on any atom is -0.355 e. The van der Waals surface area contributed by atoms with Gasteiger partial charge in [0.15, 0.2) is 0 Å². The van der Waals surface area contributed by atoms with Gasteiger partial charge in [-0.1, -0.05) is 44.2 Å². The summed E-state index contributed by atoms with van der Waals surface area (Å²) in [7, 11) is 2.17. The van der Waals surface area contributed by atoms with Gasteiger partial charge >= 0.3 is 0 Å². The lowest BCUT2D eigenvalue weighted by molar-refractivity contribution is -0.122. The van der Waals surface area contributed by atoms with E-state index in [4.69, 9.17) is 0 Å². The van der Waals surface area contributed by atoms with Gasteiger partial charge in [-0.25, -0.2) is 0 Å². The van der Waals surface area contributed by atoms with Crippen LogP contribution >= 0.6 is 0 Å². The van der Waals surface area contributed by atoms with Crippen LogP contribution in [0.5, 0.6) is 0 Å². The Labute approximate surface area is 140 Å². The van der Waals surface area contributed by atoms with E-state index in [0.717, 1.165) is 39.1 Å². The highest BCUT2D eigenvalue weighted by Gasteiger charge is 2.23. The first kappa shape index (κ1) is 18.0. The van der Waals surface area contributed by atoms with Crippen LogP contribution in [-0.4, -0.2) is 61.5 Å². The fourth-order valence-electron chi connectivity index (χ4n) is 3.08. The van der Waals surface area contributed by atoms with Crippen LogP contribution in [0.3, 0.4) is 0 Å². The van der Waals surface area contributed by atoms with Crippen molar-refractivity contribution in [1.82, 2.24) is 15.1 Å². The van der Waals surface area contributed by atoms with Crippen molar-refractivity contribution in [3.63, 3.8) is 0 Å². The van der Waals surface area contributed by atoms with Crippen LogP contribution in [0.25, 0.3) is 0 Å². The maximum atomic E-state index is 12.0. The summed E-state index contributed by atoms with van der Waals surface area (Å²) in [5.41, 5.74) is 1.34. The van der Waals surface area contributed by atoms with Crippen molar-refractivity contribution >= 4 is 5.91 Å². The molecule has 4 nitrogen and oxygen atoms in total. The van der Waals surface area contributed by atoms with Crippen molar-refractivity contribution in [1.29, 1.82) is 0 Å². The molecule has 1 aromatic rings. The summed E-state index contributed by atoms with van der Waals surface area (Å²) in [6.45, 7) is 9.27. The molecule has 128 valence electrons. The first-order chi connectivity index (χ1) is 11.0. The normalized spacial score (nSPS) is 18.1. The Kier molecular flexibility index (Phi) is 7.06. The van der Waals surface area contributed by atoms with Crippen LogP contribution in [0.15, 0.2) is 30.3 Å². The molecule has 4 heteroatoms. The van der Waals surface area contributed by atoms with E-state index < -0.39 is 0 Å². The first-order valence-electron chi connectivity index (χ1n) is 8.78. The molecule has 1 N–H and O–H groups in total. The highest BCUT2D eigenvalue weighted by molar-refractivity contribution is 5.76. The maximum absolute atomic E-state index is 12.0. The molecule has 1 aliphatic heterocycles. The molecule has 1 saturated heterocycles. The lowest BCUT2D eigenvalue weighted by Crippen LogP contribution is -2.53. The van der Waals surface area contributed by atoms with E-state index in [1.54, 1.807) is 0 Å². The van der Waals surface area contributed by atoms with Crippen molar-refractivity contribution in [2.75, 3.05) is 39.8 Å². The third-order valence-electron chi connectivity index (χ3n) is 4.50. The van der Waals surface area contributed by atoms with Crippen LogP contribution in [0.2, 0.25) is 0 Å². The molecular weight excluding hydrogens is 286 g/mol. The molecule has 1 heterocycles. The first-order valence-corrected chi connectivity index (χ1v) is 8.78. The van der Waals surface area contributed by atoms with E-state index in [1.807, 2.05) is 0 Å². The number of carbonyl (C=O) groups is 1. The summed E-state index contributed by atoms with van der Waals surface area (Å²) in [6.07, 6.45) is 1.60. The van der Waals surface area contributed by atoms with E-state index in [-0.39, 0.29) is 5.91 Å². The summed E-state index contributed by atoms with van der Waals surface area (Å²) in [5, 5.41) is 3.15. The van der Waals surface area contributed by atoms with E-state index in [0.29, 0.717) is 18.4 Å². The van der Waals surface area contributed by atoms with Crippen molar-refractivity contribution in [2.45, 2.75) is 32.7 Å². The van der Waals surface area contributed by atoms with E-state index in [9.17, 15) is 4.79 Å². The molecule has 1 aliphatic rings. The zero-order chi connectivity index (χ0) is 16.7. The number of nitrogens with one attached hydrogen (secondary N) is 1. The van der Waals surface area contributed by atoms with Crippen molar-refractivity contribution < 1.29 is 4.79 Å². The van der Waals surface area contributed by atoms with Crippen molar-refractivity contribution in [3.8, 4) is 0 Å². The predicted molar refractivity (Wildman–Crippen MR) is 95.5 cm³/mol. The van der Waals surface area contributed by atoms with Gasteiger partial charge in [-0.15, -0.1) is 0 Å². The van der Waals surface area contributed by atoms with Gasteiger partial charge in [0.25, 0.3) is 0 Å². The maximum Gasteiger partial charge on any atom is 0.220 e. The molecule has 0 radical (unpaired) electrons. The number of piperazine rings is 1. The number of hydrogen-bond donors (Lipinski definition) is 1. The Bertz CT molecular complexity index is 467.